The molecule has 2 N–H and O–H groups in total. The first-order valence-corrected chi connectivity index (χ1v) is 27.1. The smallest absolute Gasteiger partial charge is 0.308 e. The summed E-state index contributed by atoms with van der Waals surface area (Å²) in [5.41, 5.74) is 5.68. The number of thiophene rings is 2. The zero-order valence-corrected chi connectivity index (χ0v) is 46.5. The summed E-state index contributed by atoms with van der Waals surface area (Å²) in [6, 6.07) is 13.2. The van der Waals surface area contributed by atoms with Crippen LogP contribution in [-0.2, 0) is 42.7 Å². The Balaban J connectivity index is 0.698. The lowest BCUT2D eigenvalue weighted by molar-refractivity contribution is -0.142. The molecule has 2 aliphatic heterocycles. The van der Waals surface area contributed by atoms with Crippen molar-refractivity contribution in [1.29, 1.82) is 0 Å². The van der Waals surface area contributed by atoms with Gasteiger partial charge < -0.3 is 43.8 Å². The number of amides is 2. The Hall–Kier alpha value is -6.28. The van der Waals surface area contributed by atoms with Gasteiger partial charge in [-0.15, -0.1) is 43.1 Å². The van der Waals surface area contributed by atoms with E-state index in [1.807, 2.05) is 61.1 Å². The van der Waals surface area contributed by atoms with Crippen molar-refractivity contribution in [3.8, 4) is 10.0 Å². The van der Waals surface area contributed by atoms with E-state index in [0.717, 1.165) is 43.4 Å². The summed E-state index contributed by atoms with van der Waals surface area (Å²) in [5, 5.41) is 25.9. The summed E-state index contributed by atoms with van der Waals surface area (Å²) >= 11 is 15.1. The molecular formula is C52H58Cl2N10O11S2. The second-order valence-electron chi connectivity index (χ2n) is 17.5. The minimum atomic E-state index is -0.674. The summed E-state index contributed by atoms with van der Waals surface area (Å²) in [7, 11) is 2.66. The van der Waals surface area contributed by atoms with E-state index in [4.69, 9.17) is 66.3 Å². The van der Waals surface area contributed by atoms with Crippen LogP contribution in [0.4, 0.5) is 0 Å². The minimum absolute atomic E-state index is 0.0409. The summed E-state index contributed by atoms with van der Waals surface area (Å²) < 4.78 is 42.0. The number of hydrogen-bond acceptors (Lipinski definition) is 19. The number of aryl methyl sites for hydroxylation is 2. The number of benzene rings is 2. The van der Waals surface area contributed by atoms with Gasteiger partial charge in [0.25, 0.3) is 11.8 Å². The molecule has 77 heavy (non-hydrogen) atoms. The Kier molecular flexibility index (Phi) is 19.9. The number of hydrogen-bond donors (Lipinski definition) is 2. The van der Waals surface area contributed by atoms with Crippen LogP contribution in [0.2, 0.25) is 10.0 Å². The molecule has 6 heterocycles. The fourth-order valence-electron chi connectivity index (χ4n) is 8.57. The molecule has 0 spiro atoms. The zero-order chi connectivity index (χ0) is 54.6. The minimum Gasteiger partial charge on any atom is -0.469 e. The Morgan fingerprint density at radius 3 is 1.19 bits per heavy atom. The van der Waals surface area contributed by atoms with Crippen LogP contribution in [0, 0.1) is 27.7 Å². The molecule has 21 nitrogen and oxygen atoms in total. The number of nitrogens with zero attached hydrogens (tertiary/aromatic N) is 8. The van der Waals surface area contributed by atoms with Gasteiger partial charge in [0.15, 0.2) is 11.6 Å². The van der Waals surface area contributed by atoms with Crippen molar-refractivity contribution in [2.45, 2.75) is 52.6 Å². The predicted molar refractivity (Wildman–Crippen MR) is 289 cm³/mol. The predicted octanol–water partition coefficient (Wildman–Crippen LogP) is 6.66. The number of aliphatic imine (C=N–C) groups is 2. The largest absolute Gasteiger partial charge is 0.469 e. The molecule has 0 saturated heterocycles. The molecular weight excluding hydrogens is 1080 g/mol. The molecule has 2 amide bonds. The van der Waals surface area contributed by atoms with Crippen LogP contribution in [0.5, 0.6) is 0 Å². The molecule has 0 bridgehead atoms. The molecule has 0 unspecified atom stereocenters. The van der Waals surface area contributed by atoms with Crippen LogP contribution >= 0.6 is 45.9 Å². The molecule has 2 aromatic carbocycles. The van der Waals surface area contributed by atoms with Crippen LogP contribution in [0.1, 0.15) is 101 Å². The monoisotopic (exact) mass is 1130 g/mol. The van der Waals surface area contributed by atoms with Gasteiger partial charge in [-0.05, 0) is 63.1 Å². The third kappa shape index (κ3) is 13.5. The molecule has 2 aliphatic rings. The second-order valence-corrected chi connectivity index (χ2v) is 20.4. The molecule has 0 aliphatic carbocycles. The van der Waals surface area contributed by atoms with E-state index < -0.39 is 24.0 Å². The maximum absolute atomic E-state index is 13.6. The van der Waals surface area contributed by atoms with Crippen LogP contribution in [0.25, 0.3) is 10.0 Å². The van der Waals surface area contributed by atoms with E-state index in [1.54, 1.807) is 24.3 Å². The highest BCUT2D eigenvalue weighted by atomic mass is 35.5. The Labute approximate surface area is 462 Å². The number of methoxy groups -OCH3 is 2. The normalized spacial score (nSPS) is 14.5. The highest BCUT2D eigenvalue weighted by Crippen LogP contribution is 2.42. The van der Waals surface area contributed by atoms with Gasteiger partial charge >= 0.3 is 11.9 Å². The number of ether oxygens (including phenoxy) is 7. The molecule has 4 aromatic heterocycles. The average molecular weight is 1130 g/mol. The molecule has 8 rings (SSSR count). The van der Waals surface area contributed by atoms with E-state index >= 15 is 0 Å². The summed E-state index contributed by atoms with van der Waals surface area (Å²) in [6.45, 7) is 11.4. The first-order valence-electron chi connectivity index (χ1n) is 24.7. The average Bonchev–Trinajstić information content (AvgIpc) is 4.17. The van der Waals surface area contributed by atoms with Crippen LogP contribution < -0.4 is 10.6 Å². The Bertz CT molecular complexity index is 2930. The summed E-state index contributed by atoms with van der Waals surface area (Å²) in [6.07, 6.45) is -0.0817. The van der Waals surface area contributed by atoms with Crippen molar-refractivity contribution in [1.82, 2.24) is 40.2 Å². The van der Waals surface area contributed by atoms with Crippen molar-refractivity contribution in [3.63, 3.8) is 0 Å². The topological polar surface area (TPSA) is 243 Å². The number of rotatable bonds is 26. The Morgan fingerprint density at radius 2 is 0.857 bits per heavy atom. The number of nitrogens with one attached hydrogen (secondary N) is 2. The number of carbonyl (C=O) groups excluding carboxylic acids is 4. The standard InChI is InChI=1S/C52H58Cl2N10O11S2/c1-29-41-43(33-7-11-35(53)12-8-33)57-37(27-39(65)69-5)47-61-59-31(3)63(47)51(41)76-45(29)49(67)55-15-17-71-19-21-73-23-25-75-26-24-74-22-20-72-18-16-56-50(68)46-30(2)42-44(34-9-13-36(54)14-10-34)58-38(28-40(66)70-6)48-62-60-32(4)64(48)52(42)77-46/h7-14,37-38H,15-28H2,1-6H3,(H,55,67)(H,56,68)/t37-,38-/m0/s1. The molecule has 0 saturated carbocycles. The van der Waals surface area contributed by atoms with Gasteiger partial charge in [-0.1, -0.05) is 47.5 Å². The lowest BCUT2D eigenvalue weighted by Crippen LogP contribution is -2.27. The van der Waals surface area contributed by atoms with Crippen molar-refractivity contribution in [2.75, 3.05) is 93.4 Å². The zero-order valence-electron chi connectivity index (χ0n) is 43.3. The molecule has 25 heteroatoms. The van der Waals surface area contributed by atoms with Gasteiger partial charge in [-0.25, -0.2) is 0 Å². The second kappa shape index (κ2) is 26.9. The van der Waals surface area contributed by atoms with E-state index in [-0.39, 0.29) is 51.0 Å². The van der Waals surface area contributed by atoms with Crippen molar-refractivity contribution in [3.05, 3.63) is 125 Å². The number of fused-ring (bicyclic) bond motifs is 6. The van der Waals surface area contributed by atoms with E-state index in [1.165, 1.54) is 36.9 Å². The lowest BCUT2D eigenvalue weighted by atomic mass is 9.99. The van der Waals surface area contributed by atoms with Crippen molar-refractivity contribution >= 4 is 81.1 Å². The molecule has 0 radical (unpaired) electrons. The van der Waals surface area contributed by atoms with Crippen LogP contribution in [0.3, 0.4) is 0 Å². The fraction of sp³-hybridized carbons (Fsp3) is 0.423. The van der Waals surface area contributed by atoms with Gasteiger partial charge in [0.1, 0.15) is 33.7 Å². The first kappa shape index (κ1) is 56.9. The third-order valence-corrected chi connectivity index (χ3v) is 15.4. The summed E-state index contributed by atoms with van der Waals surface area (Å²) in [5.74, 6) is 0.735. The van der Waals surface area contributed by atoms with E-state index in [0.29, 0.717) is 107 Å². The third-order valence-electron chi connectivity index (χ3n) is 12.4. The SMILES string of the molecule is COC(=O)C[C@@H]1N=C(c2ccc(Cl)cc2)c2c(sc(C(=O)NCCOCCOCCOCCOCCOCCNC(=O)c3sc4c(c3C)C(c3ccc(Cl)cc3)=N[C@@H](CC(=O)OC)c3nnc(C)n3-4)c2C)-n2c(C)nnc21. The molecule has 0 fully saturated rings. The van der Waals surface area contributed by atoms with Crippen molar-refractivity contribution in [2.24, 2.45) is 9.98 Å². The number of esters is 2. The van der Waals surface area contributed by atoms with E-state index in [2.05, 4.69) is 31.0 Å². The fourth-order valence-corrected chi connectivity index (χ4v) is 11.4. The lowest BCUT2D eigenvalue weighted by Gasteiger charge is -2.12. The maximum atomic E-state index is 13.6. The van der Waals surface area contributed by atoms with Gasteiger partial charge in [0, 0.05) is 45.4 Å². The molecule has 408 valence electrons. The highest BCUT2D eigenvalue weighted by molar-refractivity contribution is 7.17. The highest BCUT2D eigenvalue weighted by Gasteiger charge is 2.36. The van der Waals surface area contributed by atoms with Gasteiger partial charge in [-0.2, -0.15) is 0 Å². The van der Waals surface area contributed by atoms with Crippen molar-refractivity contribution < 1.29 is 52.3 Å². The maximum Gasteiger partial charge on any atom is 0.308 e. The van der Waals surface area contributed by atoms with Crippen LogP contribution in [-0.4, -0.2) is 158 Å². The van der Waals surface area contributed by atoms with Gasteiger partial charge in [-0.3, -0.25) is 38.3 Å². The number of aromatic nitrogens is 6. The molecule has 2 atom stereocenters. The quantitative estimate of drug-likeness (QED) is 0.0426. The number of carbonyl (C=O) groups is 4. The van der Waals surface area contributed by atoms with Crippen LogP contribution in [0.15, 0.2) is 58.5 Å². The van der Waals surface area contributed by atoms with Gasteiger partial charge in [0.2, 0.25) is 0 Å². The summed E-state index contributed by atoms with van der Waals surface area (Å²) in [4.78, 5) is 63.3. The molecule has 6 aromatic rings. The first-order chi connectivity index (χ1) is 37.3. The van der Waals surface area contributed by atoms with Gasteiger partial charge in [0.05, 0.1) is 114 Å². The number of halogens is 2. The Morgan fingerprint density at radius 1 is 0.519 bits per heavy atom. The van der Waals surface area contributed by atoms with E-state index in [9.17, 15) is 19.2 Å².